The zero-order valence-electron chi connectivity index (χ0n) is 14.9. The van der Waals surface area contributed by atoms with Crippen molar-refractivity contribution in [2.45, 2.75) is 72.3 Å². The largest absolute Gasteiger partial charge is 0.393 e. The lowest BCUT2D eigenvalue weighted by molar-refractivity contribution is -0.124. The number of rotatable bonds is 4. The fourth-order valence-electron chi connectivity index (χ4n) is 5.33. The highest BCUT2D eigenvalue weighted by molar-refractivity contribution is 5.17. The van der Waals surface area contributed by atoms with E-state index in [9.17, 15) is 5.11 Å². The van der Waals surface area contributed by atoms with Gasteiger partial charge in [0.1, 0.15) is 0 Å². The van der Waals surface area contributed by atoms with Crippen molar-refractivity contribution in [2.24, 2.45) is 22.7 Å². The first-order chi connectivity index (χ1) is 10.2. The molecule has 2 aliphatic rings. The third-order valence-electron chi connectivity index (χ3n) is 6.82. The number of allylic oxidation sites excluding steroid dienone is 2. The van der Waals surface area contributed by atoms with E-state index in [1.54, 1.807) is 0 Å². The van der Waals surface area contributed by atoms with Gasteiger partial charge in [-0.1, -0.05) is 44.6 Å². The van der Waals surface area contributed by atoms with Crippen LogP contribution in [0.15, 0.2) is 23.8 Å². The minimum Gasteiger partial charge on any atom is -0.393 e. The van der Waals surface area contributed by atoms with E-state index in [0.29, 0.717) is 11.8 Å². The van der Waals surface area contributed by atoms with Gasteiger partial charge < -0.3 is 10.2 Å². The summed E-state index contributed by atoms with van der Waals surface area (Å²) >= 11 is 0. The van der Waals surface area contributed by atoms with E-state index in [0.717, 1.165) is 32.1 Å². The van der Waals surface area contributed by atoms with Crippen LogP contribution in [0.3, 0.4) is 0 Å². The summed E-state index contributed by atoms with van der Waals surface area (Å²) in [6.07, 6.45) is 8.19. The summed E-state index contributed by atoms with van der Waals surface area (Å²) in [6.45, 7) is 13.6. The third kappa shape index (κ3) is 3.05. The molecule has 0 aromatic rings. The molecule has 0 bridgehead atoms. The van der Waals surface area contributed by atoms with Crippen molar-refractivity contribution in [1.82, 2.24) is 0 Å². The molecule has 2 saturated carbocycles. The second-order valence-electron chi connectivity index (χ2n) is 8.46. The van der Waals surface area contributed by atoms with Crippen molar-refractivity contribution < 1.29 is 10.2 Å². The summed E-state index contributed by atoms with van der Waals surface area (Å²) in [5.74, 6) is 1.11. The lowest BCUT2D eigenvalue weighted by atomic mass is 9.46. The van der Waals surface area contributed by atoms with E-state index in [1.807, 2.05) is 6.08 Å². The van der Waals surface area contributed by atoms with Gasteiger partial charge in [-0.25, -0.2) is 0 Å². The molecule has 0 radical (unpaired) electrons. The molecule has 0 amide bonds. The summed E-state index contributed by atoms with van der Waals surface area (Å²) in [6, 6.07) is 0. The molecule has 0 heterocycles. The van der Waals surface area contributed by atoms with Crippen LogP contribution in [0.4, 0.5) is 0 Å². The first-order valence-electron chi connectivity index (χ1n) is 8.85. The number of fused-ring (bicyclic) bond motifs is 1. The standard InChI is InChI=1S/C20H34O2/c1-14(11-13-21)6-8-16-15(2)7-9-17-19(3,4)18(22)10-12-20(16,17)5/h11,16-18,21-22H,2,6-10,12-13H2,1,3-5H3/b14-11+/t16-,17-,18-,20+/m1/s1. The van der Waals surface area contributed by atoms with Gasteiger partial charge in [-0.05, 0) is 68.1 Å². The molecule has 4 atom stereocenters. The number of hydrogen-bond acceptors (Lipinski definition) is 2. The van der Waals surface area contributed by atoms with Crippen molar-refractivity contribution in [3.05, 3.63) is 23.8 Å². The Morgan fingerprint density at radius 2 is 2.00 bits per heavy atom. The summed E-state index contributed by atoms with van der Waals surface area (Å²) < 4.78 is 0. The van der Waals surface area contributed by atoms with Crippen LogP contribution < -0.4 is 0 Å². The average molecular weight is 306 g/mol. The van der Waals surface area contributed by atoms with Crippen LogP contribution >= 0.6 is 0 Å². The highest BCUT2D eigenvalue weighted by atomic mass is 16.3. The van der Waals surface area contributed by atoms with Crippen molar-refractivity contribution in [3.63, 3.8) is 0 Å². The van der Waals surface area contributed by atoms with Crippen LogP contribution in [0.1, 0.15) is 66.2 Å². The second-order valence-corrected chi connectivity index (χ2v) is 8.46. The molecule has 0 unspecified atom stereocenters. The molecule has 2 aliphatic carbocycles. The predicted molar refractivity (Wildman–Crippen MR) is 92.6 cm³/mol. The molecule has 0 aromatic carbocycles. The van der Waals surface area contributed by atoms with E-state index in [-0.39, 0.29) is 23.5 Å². The molecule has 22 heavy (non-hydrogen) atoms. The Labute approximate surface area is 136 Å². The fourth-order valence-corrected chi connectivity index (χ4v) is 5.33. The molecule has 0 aromatic heterocycles. The Bertz CT molecular complexity index is 449. The van der Waals surface area contributed by atoms with Crippen molar-refractivity contribution >= 4 is 0 Å². The predicted octanol–water partition coefficient (Wildman–Crippen LogP) is 4.47. The maximum absolute atomic E-state index is 10.5. The molecule has 0 aliphatic heterocycles. The van der Waals surface area contributed by atoms with Crippen molar-refractivity contribution in [2.75, 3.05) is 6.61 Å². The van der Waals surface area contributed by atoms with Crippen molar-refractivity contribution in [3.8, 4) is 0 Å². The second kappa shape index (κ2) is 6.49. The van der Waals surface area contributed by atoms with Crippen LogP contribution in [-0.4, -0.2) is 22.9 Å². The molecule has 2 fully saturated rings. The summed E-state index contributed by atoms with van der Waals surface area (Å²) in [5.41, 5.74) is 2.94. The monoisotopic (exact) mass is 306 g/mol. The lowest BCUT2D eigenvalue weighted by Crippen LogP contribution is -2.54. The van der Waals surface area contributed by atoms with E-state index in [2.05, 4.69) is 34.3 Å². The lowest BCUT2D eigenvalue weighted by Gasteiger charge is -2.59. The van der Waals surface area contributed by atoms with Gasteiger partial charge in [0.15, 0.2) is 0 Å². The minimum absolute atomic E-state index is 0.00192. The number of hydrogen-bond donors (Lipinski definition) is 2. The molecule has 2 N–H and O–H groups in total. The van der Waals surface area contributed by atoms with Crippen molar-refractivity contribution in [1.29, 1.82) is 0 Å². The third-order valence-corrected chi connectivity index (χ3v) is 6.82. The van der Waals surface area contributed by atoms with Crippen LogP contribution in [0, 0.1) is 22.7 Å². The highest BCUT2D eigenvalue weighted by Crippen LogP contribution is 2.61. The van der Waals surface area contributed by atoms with E-state index in [4.69, 9.17) is 5.11 Å². The van der Waals surface area contributed by atoms with Crippen LogP contribution in [0.5, 0.6) is 0 Å². The minimum atomic E-state index is -0.173. The molecule has 0 saturated heterocycles. The molecule has 2 nitrogen and oxygen atoms in total. The summed E-state index contributed by atoms with van der Waals surface area (Å²) in [4.78, 5) is 0. The summed E-state index contributed by atoms with van der Waals surface area (Å²) in [7, 11) is 0. The molecule has 2 heteroatoms. The number of aliphatic hydroxyl groups excluding tert-OH is 2. The zero-order chi connectivity index (χ0) is 16.5. The van der Waals surface area contributed by atoms with E-state index < -0.39 is 0 Å². The smallest absolute Gasteiger partial charge is 0.0614 e. The average Bonchev–Trinajstić information content (AvgIpc) is 2.43. The maximum atomic E-state index is 10.5. The molecular formula is C20H34O2. The molecule has 0 spiro atoms. The van der Waals surface area contributed by atoms with Crippen LogP contribution in [0.2, 0.25) is 0 Å². The first-order valence-corrected chi connectivity index (χ1v) is 8.85. The normalized spacial score (nSPS) is 38.7. The number of aliphatic hydroxyl groups is 2. The van der Waals surface area contributed by atoms with Gasteiger partial charge in [0.2, 0.25) is 0 Å². The maximum Gasteiger partial charge on any atom is 0.0614 e. The Morgan fingerprint density at radius 3 is 2.64 bits per heavy atom. The van der Waals surface area contributed by atoms with E-state index in [1.165, 1.54) is 17.6 Å². The fraction of sp³-hybridized carbons (Fsp3) is 0.800. The highest BCUT2D eigenvalue weighted by Gasteiger charge is 2.55. The van der Waals surface area contributed by atoms with E-state index >= 15 is 0 Å². The van der Waals surface area contributed by atoms with Gasteiger partial charge in [-0.2, -0.15) is 0 Å². The Kier molecular flexibility index (Phi) is 5.23. The topological polar surface area (TPSA) is 40.5 Å². The van der Waals surface area contributed by atoms with Gasteiger partial charge >= 0.3 is 0 Å². The Morgan fingerprint density at radius 1 is 1.32 bits per heavy atom. The van der Waals surface area contributed by atoms with Gasteiger partial charge in [0.25, 0.3) is 0 Å². The molecule has 126 valence electrons. The zero-order valence-corrected chi connectivity index (χ0v) is 14.9. The first kappa shape index (κ1) is 17.7. The van der Waals surface area contributed by atoms with Gasteiger partial charge in [-0.15, -0.1) is 0 Å². The van der Waals surface area contributed by atoms with Crippen LogP contribution in [0.25, 0.3) is 0 Å². The Balaban J connectivity index is 2.21. The van der Waals surface area contributed by atoms with Gasteiger partial charge in [0, 0.05) is 0 Å². The molecular weight excluding hydrogens is 272 g/mol. The van der Waals surface area contributed by atoms with Crippen LogP contribution in [-0.2, 0) is 0 Å². The Hall–Kier alpha value is -0.600. The van der Waals surface area contributed by atoms with Gasteiger partial charge in [0.05, 0.1) is 12.7 Å². The SMILES string of the molecule is C=C1CC[C@@H]2C(C)(C)[C@H](O)CC[C@@]2(C)[C@@H]1CC/C(C)=C/CO. The molecule has 2 rings (SSSR count). The quantitative estimate of drug-likeness (QED) is 0.752. The summed E-state index contributed by atoms with van der Waals surface area (Å²) in [5, 5.41) is 19.5. The van der Waals surface area contributed by atoms with Gasteiger partial charge in [-0.3, -0.25) is 0 Å².